The molecule has 14 heavy (non-hydrogen) atoms. The number of esters is 1. The molecule has 80 valence electrons. The summed E-state index contributed by atoms with van der Waals surface area (Å²) in [5, 5.41) is 11.6. The zero-order chi connectivity index (χ0) is 10.6. The molecular weight excluding hydrogens is 186 g/mol. The maximum absolute atomic E-state index is 10.9. The van der Waals surface area contributed by atoms with Crippen molar-refractivity contribution in [1.82, 2.24) is 5.32 Å². The first kappa shape index (κ1) is 11.0. The van der Waals surface area contributed by atoms with E-state index in [4.69, 9.17) is 5.11 Å². The van der Waals surface area contributed by atoms with Crippen molar-refractivity contribution < 1.29 is 19.4 Å². The van der Waals surface area contributed by atoms with Crippen LogP contribution in [0, 0.1) is 5.92 Å². The van der Waals surface area contributed by atoms with Crippen molar-refractivity contribution in [3.05, 3.63) is 0 Å². The summed E-state index contributed by atoms with van der Waals surface area (Å²) in [5.74, 6) is -0.842. The molecule has 1 heterocycles. The summed E-state index contributed by atoms with van der Waals surface area (Å²) in [7, 11) is 1.36. The number of hydrogen-bond acceptors (Lipinski definition) is 4. The molecule has 2 atom stereocenters. The predicted octanol–water partition coefficient (Wildman–Crippen LogP) is 0.00230. The van der Waals surface area contributed by atoms with Crippen molar-refractivity contribution in [1.29, 1.82) is 0 Å². The van der Waals surface area contributed by atoms with E-state index in [1.165, 1.54) is 7.11 Å². The Morgan fingerprint density at radius 2 is 2.21 bits per heavy atom. The molecule has 1 saturated heterocycles. The van der Waals surface area contributed by atoms with Crippen LogP contribution in [-0.4, -0.2) is 36.7 Å². The molecule has 0 aromatic rings. The topological polar surface area (TPSA) is 75.6 Å². The molecule has 0 aliphatic carbocycles. The molecule has 0 aromatic carbocycles. The van der Waals surface area contributed by atoms with Crippen molar-refractivity contribution in [2.24, 2.45) is 5.92 Å². The summed E-state index contributed by atoms with van der Waals surface area (Å²) in [6, 6.07) is -0.455. The van der Waals surface area contributed by atoms with E-state index in [2.05, 4.69) is 10.1 Å². The molecule has 1 fully saturated rings. The second-order valence-corrected chi connectivity index (χ2v) is 3.52. The highest BCUT2D eigenvalue weighted by atomic mass is 16.5. The first-order chi connectivity index (χ1) is 6.63. The lowest BCUT2D eigenvalue weighted by molar-refractivity contribution is -0.142. The van der Waals surface area contributed by atoms with Gasteiger partial charge in [0.15, 0.2) is 0 Å². The summed E-state index contributed by atoms with van der Waals surface area (Å²) in [4.78, 5) is 21.5. The number of carboxylic acids is 1. The minimum atomic E-state index is -0.818. The Hall–Kier alpha value is -1.10. The van der Waals surface area contributed by atoms with E-state index in [-0.39, 0.29) is 11.9 Å². The van der Waals surface area contributed by atoms with Crippen LogP contribution in [0.25, 0.3) is 0 Å². The second kappa shape index (κ2) is 4.95. The zero-order valence-electron chi connectivity index (χ0n) is 8.16. The maximum atomic E-state index is 10.9. The standard InChI is InChI=1S/C9H15NO4/c1-14-8(11)4-6-2-3-7(9(12)13)10-5-6/h6-7,10H,2-5H2,1H3,(H,12,13). The number of nitrogens with one attached hydrogen (secondary N) is 1. The summed E-state index contributed by atoms with van der Waals surface area (Å²) >= 11 is 0. The van der Waals surface area contributed by atoms with Crippen LogP contribution in [0.2, 0.25) is 0 Å². The molecule has 2 unspecified atom stereocenters. The zero-order valence-corrected chi connectivity index (χ0v) is 8.16. The van der Waals surface area contributed by atoms with Gasteiger partial charge in [-0.2, -0.15) is 0 Å². The molecule has 1 aliphatic heterocycles. The summed E-state index contributed by atoms with van der Waals surface area (Å²) in [6.07, 6.45) is 1.71. The van der Waals surface area contributed by atoms with E-state index in [0.29, 0.717) is 19.4 Å². The van der Waals surface area contributed by atoms with Gasteiger partial charge in [-0.15, -0.1) is 0 Å². The van der Waals surface area contributed by atoms with Crippen molar-refractivity contribution in [2.45, 2.75) is 25.3 Å². The van der Waals surface area contributed by atoms with E-state index in [1.807, 2.05) is 0 Å². The first-order valence-corrected chi connectivity index (χ1v) is 4.66. The van der Waals surface area contributed by atoms with Crippen LogP contribution in [-0.2, 0) is 14.3 Å². The fourth-order valence-electron chi connectivity index (χ4n) is 1.62. The highest BCUT2D eigenvalue weighted by molar-refractivity contribution is 5.73. The van der Waals surface area contributed by atoms with E-state index >= 15 is 0 Å². The maximum Gasteiger partial charge on any atom is 0.320 e. The summed E-state index contributed by atoms with van der Waals surface area (Å²) in [6.45, 7) is 0.575. The number of carboxylic acid groups (broad SMARTS) is 1. The predicted molar refractivity (Wildman–Crippen MR) is 48.8 cm³/mol. The Morgan fingerprint density at radius 3 is 2.64 bits per heavy atom. The van der Waals surface area contributed by atoms with Crippen molar-refractivity contribution in [3.63, 3.8) is 0 Å². The largest absolute Gasteiger partial charge is 0.480 e. The van der Waals surface area contributed by atoms with E-state index in [1.54, 1.807) is 0 Å². The van der Waals surface area contributed by atoms with Crippen molar-refractivity contribution >= 4 is 11.9 Å². The molecule has 0 amide bonds. The molecule has 0 spiro atoms. The Labute approximate surface area is 82.4 Å². The van der Waals surface area contributed by atoms with E-state index < -0.39 is 12.0 Å². The van der Waals surface area contributed by atoms with Crippen molar-refractivity contribution in [3.8, 4) is 0 Å². The number of carbonyl (C=O) groups is 2. The number of aliphatic carboxylic acids is 1. The number of carbonyl (C=O) groups excluding carboxylic acids is 1. The quantitative estimate of drug-likeness (QED) is 0.629. The summed E-state index contributed by atoms with van der Waals surface area (Å²) < 4.78 is 4.54. The summed E-state index contributed by atoms with van der Waals surface area (Å²) in [5.41, 5.74) is 0. The van der Waals surface area contributed by atoms with Gasteiger partial charge in [0.05, 0.1) is 7.11 Å². The Morgan fingerprint density at radius 1 is 1.50 bits per heavy atom. The van der Waals surface area contributed by atoms with Gasteiger partial charge in [-0.25, -0.2) is 0 Å². The third-order valence-electron chi connectivity index (χ3n) is 2.50. The number of hydrogen-bond donors (Lipinski definition) is 2. The minimum absolute atomic E-state index is 0.207. The number of methoxy groups -OCH3 is 1. The molecule has 2 N–H and O–H groups in total. The minimum Gasteiger partial charge on any atom is -0.480 e. The molecule has 5 nitrogen and oxygen atoms in total. The Kier molecular flexibility index (Phi) is 3.88. The van der Waals surface area contributed by atoms with Gasteiger partial charge in [0.1, 0.15) is 6.04 Å². The average Bonchev–Trinajstić information content (AvgIpc) is 2.18. The molecule has 0 bridgehead atoms. The monoisotopic (exact) mass is 201 g/mol. The van der Waals surface area contributed by atoms with Crippen LogP contribution in [0.3, 0.4) is 0 Å². The third-order valence-corrected chi connectivity index (χ3v) is 2.50. The van der Waals surface area contributed by atoms with Crippen LogP contribution < -0.4 is 5.32 Å². The molecule has 5 heteroatoms. The van der Waals surface area contributed by atoms with Crippen LogP contribution in [0.15, 0.2) is 0 Å². The number of rotatable bonds is 3. The molecule has 0 aromatic heterocycles. The molecule has 0 radical (unpaired) electrons. The van der Waals surface area contributed by atoms with Gasteiger partial charge in [-0.1, -0.05) is 0 Å². The van der Waals surface area contributed by atoms with Crippen LogP contribution in [0.4, 0.5) is 0 Å². The lowest BCUT2D eigenvalue weighted by atomic mass is 9.92. The molecule has 1 rings (SSSR count). The molecule has 1 aliphatic rings. The highest BCUT2D eigenvalue weighted by Crippen LogP contribution is 2.17. The molecular formula is C9H15NO4. The van der Waals surface area contributed by atoms with Gasteiger partial charge in [-0.05, 0) is 25.3 Å². The SMILES string of the molecule is COC(=O)CC1CCC(C(=O)O)NC1. The Balaban J connectivity index is 2.29. The van der Waals surface area contributed by atoms with Crippen LogP contribution >= 0.6 is 0 Å². The Bertz CT molecular complexity index is 221. The van der Waals surface area contributed by atoms with E-state index in [0.717, 1.165) is 6.42 Å². The van der Waals surface area contributed by atoms with Crippen LogP contribution in [0.5, 0.6) is 0 Å². The smallest absolute Gasteiger partial charge is 0.320 e. The van der Waals surface area contributed by atoms with E-state index in [9.17, 15) is 9.59 Å². The van der Waals surface area contributed by atoms with Crippen LogP contribution in [0.1, 0.15) is 19.3 Å². The second-order valence-electron chi connectivity index (χ2n) is 3.52. The number of ether oxygens (including phenoxy) is 1. The normalized spacial score (nSPS) is 26.9. The lowest BCUT2D eigenvalue weighted by Crippen LogP contribution is -2.44. The van der Waals surface area contributed by atoms with Crippen molar-refractivity contribution in [2.75, 3.05) is 13.7 Å². The molecule has 0 saturated carbocycles. The fraction of sp³-hybridized carbons (Fsp3) is 0.778. The third kappa shape index (κ3) is 2.99. The fourth-order valence-corrected chi connectivity index (χ4v) is 1.62. The van der Waals surface area contributed by atoms with Gasteiger partial charge < -0.3 is 15.2 Å². The lowest BCUT2D eigenvalue weighted by Gasteiger charge is -2.26. The van der Waals surface area contributed by atoms with Gasteiger partial charge >= 0.3 is 11.9 Å². The van der Waals surface area contributed by atoms with Gasteiger partial charge in [0.2, 0.25) is 0 Å². The number of piperidine rings is 1. The van der Waals surface area contributed by atoms with Gasteiger partial charge in [0.25, 0.3) is 0 Å². The highest BCUT2D eigenvalue weighted by Gasteiger charge is 2.26. The van der Waals surface area contributed by atoms with Gasteiger partial charge in [-0.3, -0.25) is 9.59 Å². The average molecular weight is 201 g/mol. The van der Waals surface area contributed by atoms with Gasteiger partial charge in [0, 0.05) is 6.42 Å². The first-order valence-electron chi connectivity index (χ1n) is 4.66.